The number of benzene rings is 1. The lowest BCUT2D eigenvalue weighted by molar-refractivity contribution is 0.0282. The van der Waals surface area contributed by atoms with E-state index in [0.29, 0.717) is 13.2 Å². The van der Waals surface area contributed by atoms with Crippen molar-refractivity contribution in [3.8, 4) is 0 Å². The Morgan fingerprint density at radius 1 is 1.25 bits per heavy atom. The van der Waals surface area contributed by atoms with Crippen LogP contribution in [0.5, 0.6) is 0 Å². The summed E-state index contributed by atoms with van der Waals surface area (Å²) in [6.45, 7) is 1.09. The highest BCUT2D eigenvalue weighted by Crippen LogP contribution is 2.32. The van der Waals surface area contributed by atoms with Crippen LogP contribution in [0.1, 0.15) is 41.3 Å². The fraction of sp³-hybridized carbons (Fsp3) is 0.353. The van der Waals surface area contributed by atoms with Gasteiger partial charge in [0, 0.05) is 12.7 Å². The van der Waals surface area contributed by atoms with Crippen LogP contribution in [0.4, 0.5) is 0 Å². The van der Waals surface area contributed by atoms with E-state index in [-0.39, 0.29) is 6.10 Å². The first-order chi connectivity index (χ1) is 9.86. The maximum absolute atomic E-state index is 6.13. The molecule has 0 saturated heterocycles. The Kier molecular flexibility index (Phi) is 4.09. The summed E-state index contributed by atoms with van der Waals surface area (Å²) in [5, 5.41) is 0. The van der Waals surface area contributed by atoms with Crippen molar-refractivity contribution >= 4 is 0 Å². The minimum atomic E-state index is 0.217. The molecular formula is C17H20N2O. The first kappa shape index (κ1) is 13.3. The van der Waals surface area contributed by atoms with Crippen LogP contribution in [-0.4, -0.2) is 4.98 Å². The van der Waals surface area contributed by atoms with Crippen LogP contribution in [0, 0.1) is 0 Å². The Labute approximate surface area is 119 Å². The van der Waals surface area contributed by atoms with Crippen molar-refractivity contribution in [1.29, 1.82) is 0 Å². The quantitative estimate of drug-likeness (QED) is 0.926. The Bertz CT molecular complexity index is 583. The van der Waals surface area contributed by atoms with Gasteiger partial charge < -0.3 is 10.5 Å². The van der Waals surface area contributed by atoms with E-state index >= 15 is 0 Å². The average Bonchev–Trinajstić information content (AvgIpc) is 2.53. The number of pyridine rings is 1. The average molecular weight is 268 g/mol. The lowest BCUT2D eigenvalue weighted by Crippen LogP contribution is -2.13. The molecule has 0 spiro atoms. The SMILES string of the molecule is NCc1cc(COC2CCCc3ccccc32)ccn1. The summed E-state index contributed by atoms with van der Waals surface area (Å²) in [6, 6.07) is 12.6. The normalized spacial score (nSPS) is 17.8. The second-order valence-electron chi connectivity index (χ2n) is 5.25. The zero-order valence-corrected chi connectivity index (χ0v) is 11.6. The molecule has 3 heteroatoms. The largest absolute Gasteiger partial charge is 0.369 e. The Hall–Kier alpha value is -1.71. The molecule has 2 aromatic rings. The zero-order chi connectivity index (χ0) is 13.8. The van der Waals surface area contributed by atoms with Gasteiger partial charge in [0.25, 0.3) is 0 Å². The molecule has 2 N–H and O–H groups in total. The van der Waals surface area contributed by atoms with Gasteiger partial charge in [-0.25, -0.2) is 0 Å². The number of rotatable bonds is 4. The van der Waals surface area contributed by atoms with Crippen molar-refractivity contribution < 1.29 is 4.74 Å². The molecule has 0 amide bonds. The summed E-state index contributed by atoms with van der Waals surface area (Å²) in [7, 11) is 0. The Balaban J connectivity index is 1.70. The van der Waals surface area contributed by atoms with Gasteiger partial charge in [0.15, 0.2) is 0 Å². The second kappa shape index (κ2) is 6.16. The highest BCUT2D eigenvalue weighted by Gasteiger charge is 2.20. The smallest absolute Gasteiger partial charge is 0.0832 e. The van der Waals surface area contributed by atoms with Crippen LogP contribution in [-0.2, 0) is 24.3 Å². The van der Waals surface area contributed by atoms with Gasteiger partial charge in [-0.1, -0.05) is 24.3 Å². The number of ether oxygens (including phenoxy) is 1. The molecule has 1 aliphatic rings. The summed E-state index contributed by atoms with van der Waals surface area (Å²) >= 11 is 0. The first-order valence-corrected chi connectivity index (χ1v) is 7.20. The molecule has 104 valence electrons. The summed E-state index contributed by atoms with van der Waals surface area (Å²) in [6.07, 6.45) is 5.49. The molecule has 1 atom stereocenters. The maximum atomic E-state index is 6.13. The van der Waals surface area contributed by atoms with Gasteiger partial charge in [0.2, 0.25) is 0 Å². The molecule has 1 unspecified atom stereocenters. The molecule has 20 heavy (non-hydrogen) atoms. The van der Waals surface area contributed by atoms with Gasteiger partial charge in [-0.15, -0.1) is 0 Å². The molecule has 1 aromatic heterocycles. The molecule has 1 heterocycles. The second-order valence-corrected chi connectivity index (χ2v) is 5.25. The van der Waals surface area contributed by atoms with E-state index in [1.165, 1.54) is 24.0 Å². The Morgan fingerprint density at radius 3 is 3.05 bits per heavy atom. The highest BCUT2D eigenvalue weighted by molar-refractivity contribution is 5.31. The number of nitrogens with zero attached hydrogens (tertiary/aromatic N) is 1. The van der Waals surface area contributed by atoms with Gasteiger partial charge in [-0.2, -0.15) is 0 Å². The van der Waals surface area contributed by atoms with E-state index in [1.807, 2.05) is 12.1 Å². The summed E-state index contributed by atoms with van der Waals surface area (Å²) < 4.78 is 6.13. The van der Waals surface area contributed by atoms with Crippen LogP contribution < -0.4 is 5.73 Å². The van der Waals surface area contributed by atoms with Crippen molar-refractivity contribution in [3.05, 3.63) is 65.0 Å². The van der Waals surface area contributed by atoms with Gasteiger partial charge in [0.1, 0.15) is 0 Å². The van der Waals surface area contributed by atoms with E-state index in [1.54, 1.807) is 6.20 Å². The van der Waals surface area contributed by atoms with Crippen LogP contribution in [0.2, 0.25) is 0 Å². The van der Waals surface area contributed by atoms with Crippen molar-refractivity contribution in [1.82, 2.24) is 4.98 Å². The van der Waals surface area contributed by atoms with Crippen molar-refractivity contribution in [2.45, 2.75) is 38.5 Å². The minimum Gasteiger partial charge on any atom is -0.369 e. The van der Waals surface area contributed by atoms with Crippen LogP contribution in [0.25, 0.3) is 0 Å². The molecule has 1 aromatic carbocycles. The molecule has 0 saturated carbocycles. The van der Waals surface area contributed by atoms with Crippen molar-refractivity contribution in [2.75, 3.05) is 0 Å². The first-order valence-electron chi connectivity index (χ1n) is 7.20. The molecule has 0 aliphatic heterocycles. The number of hydrogen-bond acceptors (Lipinski definition) is 3. The van der Waals surface area contributed by atoms with Crippen LogP contribution in [0.15, 0.2) is 42.6 Å². The number of aryl methyl sites for hydroxylation is 1. The molecule has 0 fully saturated rings. The Morgan fingerprint density at radius 2 is 2.15 bits per heavy atom. The van der Waals surface area contributed by atoms with Crippen molar-refractivity contribution in [3.63, 3.8) is 0 Å². The number of nitrogens with two attached hydrogens (primary N) is 1. The molecule has 0 bridgehead atoms. The lowest BCUT2D eigenvalue weighted by Gasteiger charge is -2.25. The highest BCUT2D eigenvalue weighted by atomic mass is 16.5. The number of hydrogen-bond donors (Lipinski definition) is 1. The van der Waals surface area contributed by atoms with Gasteiger partial charge in [0.05, 0.1) is 18.4 Å². The third-order valence-electron chi connectivity index (χ3n) is 3.86. The van der Waals surface area contributed by atoms with E-state index in [0.717, 1.165) is 17.7 Å². The monoisotopic (exact) mass is 268 g/mol. The molecule has 3 nitrogen and oxygen atoms in total. The minimum absolute atomic E-state index is 0.217. The predicted octanol–water partition coefficient (Wildman–Crippen LogP) is 3.13. The molecular weight excluding hydrogens is 248 g/mol. The molecule has 1 aliphatic carbocycles. The zero-order valence-electron chi connectivity index (χ0n) is 11.6. The number of fused-ring (bicyclic) bond motifs is 1. The fourth-order valence-corrected chi connectivity index (χ4v) is 2.81. The summed E-state index contributed by atoms with van der Waals surface area (Å²) in [5.74, 6) is 0. The summed E-state index contributed by atoms with van der Waals surface area (Å²) in [5.41, 5.74) is 10.5. The van der Waals surface area contributed by atoms with Crippen LogP contribution >= 0.6 is 0 Å². The van der Waals surface area contributed by atoms with E-state index < -0.39 is 0 Å². The van der Waals surface area contributed by atoms with Gasteiger partial charge in [-0.3, -0.25) is 4.98 Å². The third kappa shape index (κ3) is 2.89. The standard InChI is InChI=1S/C17H20N2O/c18-11-15-10-13(8-9-19-15)12-20-17-7-3-5-14-4-1-2-6-16(14)17/h1-2,4,6,8-10,17H,3,5,7,11-12,18H2. The lowest BCUT2D eigenvalue weighted by atomic mass is 9.89. The fourth-order valence-electron chi connectivity index (χ4n) is 2.81. The van der Waals surface area contributed by atoms with E-state index in [4.69, 9.17) is 10.5 Å². The molecule has 0 radical (unpaired) electrons. The van der Waals surface area contributed by atoms with Crippen LogP contribution in [0.3, 0.4) is 0 Å². The molecule has 3 rings (SSSR count). The van der Waals surface area contributed by atoms with Crippen molar-refractivity contribution in [2.24, 2.45) is 5.73 Å². The number of aromatic nitrogens is 1. The van der Waals surface area contributed by atoms with E-state index in [9.17, 15) is 0 Å². The topological polar surface area (TPSA) is 48.1 Å². The van der Waals surface area contributed by atoms with Gasteiger partial charge >= 0.3 is 0 Å². The maximum Gasteiger partial charge on any atom is 0.0832 e. The predicted molar refractivity (Wildman–Crippen MR) is 79.0 cm³/mol. The third-order valence-corrected chi connectivity index (χ3v) is 3.86. The van der Waals surface area contributed by atoms with E-state index in [2.05, 4.69) is 29.2 Å². The van der Waals surface area contributed by atoms with Gasteiger partial charge in [-0.05, 0) is 48.1 Å². The summed E-state index contributed by atoms with van der Waals surface area (Å²) in [4.78, 5) is 4.21.